The van der Waals surface area contributed by atoms with Crippen molar-refractivity contribution in [1.82, 2.24) is 16.2 Å². The van der Waals surface area contributed by atoms with Gasteiger partial charge in [0.2, 0.25) is 0 Å². The summed E-state index contributed by atoms with van der Waals surface area (Å²) in [5.41, 5.74) is 5.30. The van der Waals surface area contributed by atoms with Gasteiger partial charge >= 0.3 is 0 Å². The van der Waals surface area contributed by atoms with Gasteiger partial charge in [0, 0.05) is 17.7 Å². The van der Waals surface area contributed by atoms with Crippen molar-refractivity contribution in [2.45, 2.75) is 0 Å². The number of nitrogens with zero attached hydrogens (tertiary/aromatic N) is 2. The predicted molar refractivity (Wildman–Crippen MR) is 122 cm³/mol. The van der Waals surface area contributed by atoms with Gasteiger partial charge in [-0.3, -0.25) is 46.0 Å². The molecule has 0 saturated heterocycles. The highest BCUT2D eigenvalue weighted by Crippen LogP contribution is 2.22. The van der Waals surface area contributed by atoms with E-state index in [2.05, 4.69) is 16.2 Å². The van der Waals surface area contributed by atoms with Crippen molar-refractivity contribution in [3.63, 3.8) is 0 Å². The Balaban J connectivity index is 1.60. The van der Waals surface area contributed by atoms with E-state index >= 15 is 0 Å². The lowest BCUT2D eigenvalue weighted by Gasteiger charge is -2.11. The van der Waals surface area contributed by atoms with E-state index in [0.29, 0.717) is 5.56 Å². The number of nitro groups is 2. The van der Waals surface area contributed by atoms with Crippen LogP contribution in [0.1, 0.15) is 20.7 Å². The minimum absolute atomic E-state index is 0.316. The Morgan fingerprint density at radius 1 is 0.697 bits per heavy atom. The van der Waals surface area contributed by atoms with Gasteiger partial charge in [0.25, 0.3) is 23.2 Å². The number of hydrazine groups is 1. The van der Waals surface area contributed by atoms with Gasteiger partial charge in [0.15, 0.2) is 5.11 Å². The molecule has 0 radical (unpaired) electrons. The minimum atomic E-state index is -0.930. The average molecular weight is 465 g/mol. The number of nitro benzene ring substituents is 2. The van der Waals surface area contributed by atoms with Gasteiger partial charge in [-0.1, -0.05) is 42.5 Å². The molecule has 166 valence electrons. The molecule has 0 heterocycles. The van der Waals surface area contributed by atoms with Crippen LogP contribution in [0.25, 0.3) is 11.1 Å². The van der Waals surface area contributed by atoms with Crippen molar-refractivity contribution < 1.29 is 19.4 Å². The van der Waals surface area contributed by atoms with E-state index < -0.39 is 33.0 Å². The van der Waals surface area contributed by atoms with Crippen molar-refractivity contribution in [2.24, 2.45) is 0 Å². The second-order valence-corrected chi connectivity index (χ2v) is 6.97. The summed E-state index contributed by atoms with van der Waals surface area (Å²) in [5, 5.41) is 23.8. The molecular formula is C21H15N5O6S. The third kappa shape index (κ3) is 5.92. The lowest BCUT2D eigenvalue weighted by molar-refractivity contribution is -0.394. The van der Waals surface area contributed by atoms with Crippen molar-refractivity contribution in [3.8, 4) is 11.1 Å². The standard InChI is InChI=1S/C21H15N5O6S/c27-19(16-10-17(25(29)30)12-18(11-16)26(31)32)22-21(33)24-23-20(28)15-8-6-14(7-9-15)13-4-2-1-3-5-13/h1-12H,(H,23,28)(H2,22,24,27,33). The van der Waals surface area contributed by atoms with Crippen LogP contribution in [0.5, 0.6) is 0 Å². The van der Waals surface area contributed by atoms with Crippen LogP contribution in [-0.4, -0.2) is 26.8 Å². The Bertz CT molecular complexity index is 1220. The van der Waals surface area contributed by atoms with Gasteiger partial charge in [-0.05, 0) is 35.5 Å². The summed E-state index contributed by atoms with van der Waals surface area (Å²) in [6.07, 6.45) is 0. The third-order valence-corrected chi connectivity index (χ3v) is 4.56. The van der Waals surface area contributed by atoms with E-state index in [1.807, 2.05) is 30.3 Å². The smallest absolute Gasteiger partial charge is 0.277 e. The number of carbonyl (C=O) groups excluding carboxylic acids is 2. The van der Waals surface area contributed by atoms with Crippen LogP contribution in [0.15, 0.2) is 72.8 Å². The van der Waals surface area contributed by atoms with Gasteiger partial charge in [0.1, 0.15) is 0 Å². The first kappa shape index (κ1) is 23.0. The van der Waals surface area contributed by atoms with E-state index in [9.17, 15) is 29.8 Å². The van der Waals surface area contributed by atoms with E-state index in [-0.39, 0.29) is 10.7 Å². The maximum atomic E-state index is 12.3. The molecule has 0 saturated carbocycles. The molecule has 0 atom stereocenters. The fourth-order valence-electron chi connectivity index (χ4n) is 2.77. The first-order valence-electron chi connectivity index (χ1n) is 9.25. The maximum Gasteiger partial charge on any atom is 0.277 e. The second kappa shape index (κ2) is 10.1. The zero-order chi connectivity index (χ0) is 24.0. The summed E-state index contributed by atoms with van der Waals surface area (Å²) in [6, 6.07) is 18.8. The fraction of sp³-hybridized carbons (Fsp3) is 0. The van der Waals surface area contributed by atoms with Gasteiger partial charge in [-0.15, -0.1) is 0 Å². The van der Waals surface area contributed by atoms with Crippen LogP contribution in [0.4, 0.5) is 11.4 Å². The summed E-state index contributed by atoms with van der Waals surface area (Å²) in [5.74, 6) is -1.46. The molecule has 12 heteroatoms. The zero-order valence-electron chi connectivity index (χ0n) is 16.7. The zero-order valence-corrected chi connectivity index (χ0v) is 17.5. The molecule has 33 heavy (non-hydrogen) atoms. The van der Waals surface area contributed by atoms with Crippen LogP contribution >= 0.6 is 12.2 Å². The SMILES string of the molecule is O=C(NNC(=S)NC(=O)c1cc([N+](=O)[O-])cc([N+](=O)[O-])c1)c1ccc(-c2ccccc2)cc1. The summed E-state index contributed by atoms with van der Waals surface area (Å²) in [4.78, 5) is 44.8. The summed E-state index contributed by atoms with van der Waals surface area (Å²) < 4.78 is 0. The normalized spacial score (nSPS) is 10.1. The topological polar surface area (TPSA) is 157 Å². The maximum absolute atomic E-state index is 12.3. The quantitative estimate of drug-likeness (QED) is 0.295. The molecule has 0 unspecified atom stereocenters. The number of hydrogen-bond donors (Lipinski definition) is 3. The molecule has 0 aliphatic carbocycles. The number of thiocarbonyl (C=S) groups is 1. The van der Waals surface area contributed by atoms with E-state index in [1.165, 1.54) is 0 Å². The molecule has 3 N–H and O–H groups in total. The fourth-order valence-corrected chi connectivity index (χ4v) is 2.92. The molecule has 3 rings (SSSR count). The number of hydrogen-bond acceptors (Lipinski definition) is 7. The highest BCUT2D eigenvalue weighted by Gasteiger charge is 2.20. The van der Waals surface area contributed by atoms with E-state index in [0.717, 1.165) is 29.3 Å². The number of carbonyl (C=O) groups is 2. The number of nitrogens with one attached hydrogen (secondary N) is 3. The summed E-state index contributed by atoms with van der Waals surface area (Å²) >= 11 is 4.93. The molecule has 0 bridgehead atoms. The monoisotopic (exact) mass is 465 g/mol. The largest absolute Gasteiger partial charge is 0.298 e. The highest BCUT2D eigenvalue weighted by molar-refractivity contribution is 7.80. The van der Waals surface area contributed by atoms with Gasteiger partial charge < -0.3 is 0 Å². The van der Waals surface area contributed by atoms with Crippen LogP contribution < -0.4 is 16.2 Å². The van der Waals surface area contributed by atoms with Crippen LogP contribution in [0.2, 0.25) is 0 Å². The molecule has 11 nitrogen and oxygen atoms in total. The van der Waals surface area contributed by atoms with E-state index in [1.54, 1.807) is 24.3 Å². The number of non-ortho nitro benzene ring substituents is 2. The Labute approximate surface area is 191 Å². The van der Waals surface area contributed by atoms with Gasteiger partial charge in [0.05, 0.1) is 21.5 Å². The summed E-state index contributed by atoms with van der Waals surface area (Å²) in [6.45, 7) is 0. The number of amides is 2. The lowest BCUT2D eigenvalue weighted by atomic mass is 10.0. The molecule has 0 spiro atoms. The predicted octanol–water partition coefficient (Wildman–Crippen LogP) is 3.12. The highest BCUT2D eigenvalue weighted by atomic mass is 32.1. The molecule has 3 aromatic carbocycles. The van der Waals surface area contributed by atoms with Gasteiger partial charge in [-0.2, -0.15) is 0 Å². The summed E-state index contributed by atoms with van der Waals surface area (Å²) in [7, 11) is 0. The first-order valence-corrected chi connectivity index (χ1v) is 9.66. The Kier molecular flexibility index (Phi) is 7.00. The van der Waals surface area contributed by atoms with Crippen LogP contribution in [-0.2, 0) is 0 Å². The third-order valence-electron chi connectivity index (χ3n) is 4.36. The molecule has 0 aliphatic heterocycles. The molecule has 0 fully saturated rings. The van der Waals surface area contributed by atoms with Crippen molar-refractivity contribution in [1.29, 1.82) is 0 Å². The van der Waals surface area contributed by atoms with Crippen LogP contribution in [0, 0.1) is 20.2 Å². The first-order chi connectivity index (χ1) is 15.7. The van der Waals surface area contributed by atoms with E-state index in [4.69, 9.17) is 12.2 Å². The Morgan fingerprint density at radius 3 is 1.79 bits per heavy atom. The minimum Gasteiger partial charge on any atom is -0.298 e. The van der Waals surface area contributed by atoms with Crippen molar-refractivity contribution in [2.75, 3.05) is 0 Å². The number of rotatable bonds is 5. The molecule has 0 aromatic heterocycles. The molecular weight excluding hydrogens is 450 g/mol. The van der Waals surface area contributed by atoms with Crippen molar-refractivity contribution in [3.05, 3.63) is 104 Å². The molecule has 3 aromatic rings. The van der Waals surface area contributed by atoms with Gasteiger partial charge in [-0.25, -0.2) is 0 Å². The average Bonchev–Trinajstić information content (AvgIpc) is 2.82. The molecule has 0 aliphatic rings. The molecule has 2 amide bonds. The Hall–Kier alpha value is -4.71. The second-order valence-electron chi connectivity index (χ2n) is 6.56. The lowest BCUT2D eigenvalue weighted by Crippen LogP contribution is -2.48. The van der Waals surface area contributed by atoms with Crippen LogP contribution in [0.3, 0.4) is 0 Å². The Morgan fingerprint density at radius 2 is 1.24 bits per heavy atom. The van der Waals surface area contributed by atoms with Crippen molar-refractivity contribution >= 4 is 40.5 Å². The number of benzene rings is 3.